The highest BCUT2D eigenvalue weighted by atomic mass is 32.2. The molecule has 1 heterocycles. The molecule has 0 aliphatic heterocycles. The number of thioether (sulfide) groups is 1. The molecule has 0 aromatic carbocycles. The summed E-state index contributed by atoms with van der Waals surface area (Å²) in [6, 6.07) is 1.13. The fraction of sp³-hybridized carbons (Fsp3) is 0.400. The quantitative estimate of drug-likeness (QED) is 0.770. The zero-order chi connectivity index (χ0) is 12.8. The summed E-state index contributed by atoms with van der Waals surface area (Å²) in [7, 11) is 0. The molecule has 0 saturated carbocycles. The van der Waals surface area contributed by atoms with Gasteiger partial charge in [-0.2, -0.15) is 11.8 Å². The molecule has 1 aromatic heterocycles. The number of nitrogens with one attached hydrogen (secondary N) is 2. The van der Waals surface area contributed by atoms with Gasteiger partial charge in [0, 0.05) is 11.8 Å². The number of aromatic carboxylic acids is 1. The average molecular weight is 274 g/mol. The number of thiophene rings is 1. The van der Waals surface area contributed by atoms with Crippen molar-refractivity contribution >= 4 is 40.1 Å². The summed E-state index contributed by atoms with van der Waals surface area (Å²) in [6.45, 7) is 1.89. The van der Waals surface area contributed by atoms with Crippen molar-refractivity contribution in [3.05, 3.63) is 17.0 Å². The maximum absolute atomic E-state index is 11.6. The van der Waals surface area contributed by atoms with Crippen LogP contribution in [0.15, 0.2) is 11.4 Å². The van der Waals surface area contributed by atoms with E-state index in [9.17, 15) is 9.59 Å². The van der Waals surface area contributed by atoms with Gasteiger partial charge in [-0.1, -0.05) is 0 Å². The number of carboxylic acid groups (broad SMARTS) is 1. The summed E-state index contributed by atoms with van der Waals surface area (Å²) < 4.78 is 0. The molecule has 7 heteroatoms. The first-order valence-corrected chi connectivity index (χ1v) is 7.19. The highest BCUT2D eigenvalue weighted by Gasteiger charge is 2.14. The molecule has 0 radical (unpaired) electrons. The second kappa shape index (κ2) is 6.51. The first-order valence-electron chi connectivity index (χ1n) is 4.91. The van der Waals surface area contributed by atoms with E-state index in [1.165, 1.54) is 17.4 Å². The molecule has 94 valence electrons. The first kappa shape index (κ1) is 13.9. The molecule has 3 N–H and O–H groups in total. The number of rotatable bonds is 5. The minimum absolute atomic E-state index is 0.0400. The summed E-state index contributed by atoms with van der Waals surface area (Å²) in [5.41, 5.74) is 0.114. The maximum atomic E-state index is 11.6. The Morgan fingerprint density at radius 3 is 2.88 bits per heavy atom. The van der Waals surface area contributed by atoms with Gasteiger partial charge in [0.1, 0.15) is 5.00 Å². The van der Waals surface area contributed by atoms with Crippen LogP contribution < -0.4 is 10.6 Å². The fourth-order valence-corrected chi connectivity index (χ4v) is 2.59. The Labute approximate surface area is 108 Å². The lowest BCUT2D eigenvalue weighted by atomic mass is 10.3. The number of amides is 2. The molecule has 2 amide bonds. The van der Waals surface area contributed by atoms with Crippen molar-refractivity contribution in [2.75, 3.05) is 17.3 Å². The number of urea groups is 1. The minimum atomic E-state index is -1.04. The van der Waals surface area contributed by atoms with Gasteiger partial charge in [0.05, 0.1) is 5.56 Å². The molecular formula is C10H14N2O3S2. The Morgan fingerprint density at radius 2 is 2.29 bits per heavy atom. The van der Waals surface area contributed by atoms with Crippen LogP contribution >= 0.6 is 23.1 Å². The zero-order valence-electron chi connectivity index (χ0n) is 9.52. The van der Waals surface area contributed by atoms with Gasteiger partial charge < -0.3 is 10.4 Å². The van der Waals surface area contributed by atoms with Crippen molar-refractivity contribution in [1.82, 2.24) is 5.32 Å². The summed E-state index contributed by atoms with van der Waals surface area (Å²) in [5, 5.41) is 16.1. The van der Waals surface area contributed by atoms with E-state index in [-0.39, 0.29) is 17.6 Å². The van der Waals surface area contributed by atoms with E-state index < -0.39 is 5.97 Å². The van der Waals surface area contributed by atoms with Gasteiger partial charge in [0.25, 0.3) is 0 Å². The molecule has 0 spiro atoms. The van der Waals surface area contributed by atoms with Crippen LogP contribution in [0.1, 0.15) is 17.3 Å². The topological polar surface area (TPSA) is 78.4 Å². The van der Waals surface area contributed by atoms with Crippen molar-refractivity contribution < 1.29 is 14.7 Å². The van der Waals surface area contributed by atoms with Crippen LogP contribution in [0.5, 0.6) is 0 Å². The third-order valence-corrected chi connectivity index (χ3v) is 3.58. The number of hydrogen-bond donors (Lipinski definition) is 3. The summed E-state index contributed by atoms with van der Waals surface area (Å²) in [4.78, 5) is 22.4. The van der Waals surface area contributed by atoms with Crippen LogP contribution in [0, 0.1) is 0 Å². The molecular weight excluding hydrogens is 260 g/mol. The Hall–Kier alpha value is -1.21. The van der Waals surface area contributed by atoms with Crippen molar-refractivity contribution in [1.29, 1.82) is 0 Å². The van der Waals surface area contributed by atoms with Crippen LogP contribution in [0.3, 0.4) is 0 Å². The SMILES string of the molecule is CSCC(C)NC(=O)Nc1sccc1C(=O)O. The lowest BCUT2D eigenvalue weighted by Crippen LogP contribution is -2.37. The summed E-state index contributed by atoms with van der Waals surface area (Å²) >= 11 is 2.82. The van der Waals surface area contributed by atoms with Gasteiger partial charge in [-0.05, 0) is 24.6 Å². The predicted molar refractivity (Wildman–Crippen MR) is 71.3 cm³/mol. The van der Waals surface area contributed by atoms with Crippen molar-refractivity contribution in [3.8, 4) is 0 Å². The van der Waals surface area contributed by atoms with E-state index in [4.69, 9.17) is 5.11 Å². The molecule has 0 saturated heterocycles. The average Bonchev–Trinajstić information content (AvgIpc) is 2.65. The fourth-order valence-electron chi connectivity index (χ4n) is 1.23. The normalized spacial score (nSPS) is 11.9. The molecule has 0 aliphatic rings. The molecule has 1 aromatic rings. The first-order chi connectivity index (χ1) is 8.04. The molecule has 17 heavy (non-hydrogen) atoms. The second-order valence-corrected chi connectivity index (χ2v) is 5.25. The second-order valence-electron chi connectivity index (χ2n) is 3.42. The highest BCUT2D eigenvalue weighted by Crippen LogP contribution is 2.22. The molecule has 1 unspecified atom stereocenters. The Kier molecular flexibility index (Phi) is 5.30. The van der Waals surface area contributed by atoms with Gasteiger partial charge in [0.2, 0.25) is 0 Å². The van der Waals surface area contributed by atoms with Gasteiger partial charge >= 0.3 is 12.0 Å². The summed E-state index contributed by atoms with van der Waals surface area (Å²) in [6.07, 6.45) is 1.96. The van der Waals surface area contributed by atoms with Crippen LogP contribution in [0.4, 0.5) is 9.80 Å². The van der Waals surface area contributed by atoms with Gasteiger partial charge in [-0.3, -0.25) is 5.32 Å². The van der Waals surface area contributed by atoms with Crippen LogP contribution in [0.2, 0.25) is 0 Å². The van der Waals surface area contributed by atoms with Crippen molar-refractivity contribution in [3.63, 3.8) is 0 Å². The number of carboxylic acids is 1. The Bertz CT molecular complexity index is 406. The van der Waals surface area contributed by atoms with E-state index in [0.717, 1.165) is 5.75 Å². The highest BCUT2D eigenvalue weighted by molar-refractivity contribution is 7.98. The third kappa shape index (κ3) is 4.27. The molecule has 1 atom stereocenters. The Morgan fingerprint density at radius 1 is 1.59 bits per heavy atom. The molecule has 0 fully saturated rings. The number of carbonyl (C=O) groups excluding carboxylic acids is 1. The lowest BCUT2D eigenvalue weighted by molar-refractivity contribution is 0.0698. The standard InChI is InChI=1S/C10H14N2O3S2/c1-6(5-16-2)11-10(15)12-8-7(9(13)14)3-4-17-8/h3-4,6H,5H2,1-2H3,(H,13,14)(H2,11,12,15). The van der Waals surface area contributed by atoms with E-state index in [1.807, 2.05) is 13.2 Å². The number of anilines is 1. The number of hydrogen-bond acceptors (Lipinski definition) is 4. The monoisotopic (exact) mass is 274 g/mol. The number of carbonyl (C=O) groups is 2. The van der Waals surface area contributed by atoms with Gasteiger partial charge in [-0.15, -0.1) is 11.3 Å². The van der Waals surface area contributed by atoms with Crippen molar-refractivity contribution in [2.24, 2.45) is 0 Å². The van der Waals surface area contributed by atoms with Gasteiger partial charge in [0.15, 0.2) is 0 Å². The van der Waals surface area contributed by atoms with E-state index in [1.54, 1.807) is 17.1 Å². The molecule has 1 rings (SSSR count). The van der Waals surface area contributed by atoms with Crippen LogP contribution in [-0.4, -0.2) is 35.2 Å². The van der Waals surface area contributed by atoms with Gasteiger partial charge in [-0.25, -0.2) is 9.59 Å². The largest absolute Gasteiger partial charge is 0.478 e. The molecule has 0 bridgehead atoms. The van der Waals surface area contributed by atoms with E-state index in [0.29, 0.717) is 5.00 Å². The lowest BCUT2D eigenvalue weighted by Gasteiger charge is -2.12. The molecule has 0 aliphatic carbocycles. The van der Waals surface area contributed by atoms with E-state index >= 15 is 0 Å². The van der Waals surface area contributed by atoms with Crippen LogP contribution in [0.25, 0.3) is 0 Å². The maximum Gasteiger partial charge on any atom is 0.338 e. The molecule has 5 nitrogen and oxygen atoms in total. The Balaban J connectivity index is 2.56. The zero-order valence-corrected chi connectivity index (χ0v) is 11.2. The predicted octanol–water partition coefficient (Wildman–Crippen LogP) is 2.32. The minimum Gasteiger partial charge on any atom is -0.478 e. The van der Waals surface area contributed by atoms with Crippen molar-refractivity contribution in [2.45, 2.75) is 13.0 Å². The smallest absolute Gasteiger partial charge is 0.338 e. The summed E-state index contributed by atoms with van der Waals surface area (Å²) in [5.74, 6) is -0.234. The van der Waals surface area contributed by atoms with Crippen LogP contribution in [-0.2, 0) is 0 Å². The van der Waals surface area contributed by atoms with E-state index in [2.05, 4.69) is 10.6 Å². The third-order valence-electron chi connectivity index (χ3n) is 1.92.